The number of nitro groups is 1. The van der Waals surface area contributed by atoms with E-state index < -0.39 is 11.0 Å². The van der Waals surface area contributed by atoms with Gasteiger partial charge in [0, 0.05) is 0 Å². The van der Waals surface area contributed by atoms with E-state index in [0.717, 1.165) is 0 Å². The quantitative estimate of drug-likeness (QED) is 0.648. The third-order valence-electron chi connectivity index (χ3n) is 2.57. The van der Waals surface area contributed by atoms with Gasteiger partial charge in [0.1, 0.15) is 18.9 Å². The number of para-hydroxylation sites is 1. The molecular formula is C12H11Cl2N3O4. The van der Waals surface area contributed by atoms with Crippen LogP contribution in [0.5, 0.6) is 5.75 Å². The Morgan fingerprint density at radius 2 is 2.10 bits per heavy atom. The van der Waals surface area contributed by atoms with Crippen molar-refractivity contribution in [2.45, 2.75) is 12.6 Å². The Hall–Kier alpha value is -1.83. The normalized spacial score (nSPS) is 12.1. The number of rotatable bonds is 6. The zero-order chi connectivity index (χ0) is 15.4. The van der Waals surface area contributed by atoms with Crippen molar-refractivity contribution in [2.24, 2.45) is 0 Å². The second kappa shape index (κ2) is 6.75. The molecule has 0 saturated heterocycles. The zero-order valence-corrected chi connectivity index (χ0v) is 12.2. The number of halogens is 2. The zero-order valence-electron chi connectivity index (χ0n) is 10.6. The van der Waals surface area contributed by atoms with Crippen molar-refractivity contribution in [3.63, 3.8) is 0 Å². The van der Waals surface area contributed by atoms with Crippen LogP contribution in [0, 0.1) is 10.1 Å². The molecule has 0 fully saturated rings. The third kappa shape index (κ3) is 4.07. The minimum atomic E-state index is -0.897. The summed E-state index contributed by atoms with van der Waals surface area (Å²) in [6, 6.07) is 4.92. The van der Waals surface area contributed by atoms with Crippen molar-refractivity contribution >= 4 is 29.0 Å². The SMILES string of the molecule is O=[N+]([O-])c1cn(C[C@H](O)COc2c(Cl)cccc2Cl)cn1. The maximum absolute atomic E-state index is 10.5. The lowest BCUT2D eigenvalue weighted by molar-refractivity contribution is -0.389. The molecule has 2 rings (SSSR count). The van der Waals surface area contributed by atoms with E-state index in [-0.39, 0.29) is 24.7 Å². The summed E-state index contributed by atoms with van der Waals surface area (Å²) < 4.78 is 6.78. The molecule has 9 heteroatoms. The average Bonchev–Trinajstić information content (AvgIpc) is 2.87. The number of imidazole rings is 1. The molecule has 0 aliphatic heterocycles. The number of hydrogen-bond donors (Lipinski definition) is 1. The van der Waals surface area contributed by atoms with Crippen LogP contribution >= 0.6 is 23.2 Å². The minimum Gasteiger partial charge on any atom is -0.488 e. The van der Waals surface area contributed by atoms with Gasteiger partial charge in [-0.2, -0.15) is 0 Å². The maximum atomic E-state index is 10.5. The summed E-state index contributed by atoms with van der Waals surface area (Å²) in [6.07, 6.45) is 1.60. The summed E-state index contributed by atoms with van der Waals surface area (Å²) in [7, 11) is 0. The highest BCUT2D eigenvalue weighted by molar-refractivity contribution is 6.37. The summed E-state index contributed by atoms with van der Waals surface area (Å²) in [4.78, 5) is 13.5. The second-order valence-corrected chi connectivity index (χ2v) is 5.02. The van der Waals surface area contributed by atoms with E-state index in [1.54, 1.807) is 18.2 Å². The molecule has 1 aromatic carbocycles. The fourth-order valence-corrected chi connectivity index (χ4v) is 2.14. The Morgan fingerprint density at radius 3 is 2.67 bits per heavy atom. The molecule has 0 unspecified atom stereocenters. The van der Waals surface area contributed by atoms with Gasteiger partial charge >= 0.3 is 5.82 Å². The van der Waals surface area contributed by atoms with Gasteiger partial charge in [-0.25, -0.2) is 0 Å². The standard InChI is InChI=1S/C12H11Cl2N3O4/c13-9-2-1-3-10(14)12(9)21-6-8(18)4-16-5-11(15-7-16)17(19)20/h1-3,5,7-8,18H,4,6H2/t8-/m0/s1. The van der Waals surface area contributed by atoms with Crippen LogP contribution in [0.25, 0.3) is 0 Å². The molecule has 1 aromatic heterocycles. The van der Waals surface area contributed by atoms with E-state index in [9.17, 15) is 15.2 Å². The van der Waals surface area contributed by atoms with E-state index in [2.05, 4.69) is 4.98 Å². The van der Waals surface area contributed by atoms with Crippen LogP contribution in [0.4, 0.5) is 5.82 Å². The van der Waals surface area contributed by atoms with Crippen LogP contribution in [0.2, 0.25) is 10.0 Å². The second-order valence-electron chi connectivity index (χ2n) is 4.20. The lowest BCUT2D eigenvalue weighted by Gasteiger charge is -2.14. The van der Waals surface area contributed by atoms with Gasteiger partial charge in [-0.1, -0.05) is 29.3 Å². The van der Waals surface area contributed by atoms with Gasteiger partial charge in [0.25, 0.3) is 0 Å². The maximum Gasteiger partial charge on any atom is 0.381 e. The van der Waals surface area contributed by atoms with Gasteiger partial charge in [-0.3, -0.25) is 0 Å². The van der Waals surface area contributed by atoms with E-state index >= 15 is 0 Å². The molecule has 112 valence electrons. The highest BCUT2D eigenvalue weighted by atomic mass is 35.5. The Morgan fingerprint density at radius 1 is 1.43 bits per heavy atom. The predicted octanol–water partition coefficient (Wildman–Crippen LogP) is 2.54. The number of aliphatic hydroxyl groups excluding tert-OH is 1. The van der Waals surface area contributed by atoms with Gasteiger partial charge in [0.05, 0.1) is 16.6 Å². The molecule has 0 amide bonds. The fourth-order valence-electron chi connectivity index (χ4n) is 1.64. The molecular weight excluding hydrogens is 321 g/mol. The van der Waals surface area contributed by atoms with Crippen LogP contribution in [0.1, 0.15) is 0 Å². The molecule has 0 radical (unpaired) electrons. The van der Waals surface area contributed by atoms with E-state index in [4.69, 9.17) is 27.9 Å². The predicted molar refractivity (Wildman–Crippen MR) is 76.8 cm³/mol. The van der Waals surface area contributed by atoms with Gasteiger partial charge in [0.15, 0.2) is 5.75 Å². The molecule has 0 aliphatic rings. The van der Waals surface area contributed by atoms with Crippen LogP contribution < -0.4 is 4.74 Å². The van der Waals surface area contributed by atoms with Crippen molar-refractivity contribution in [3.05, 3.63) is 50.9 Å². The molecule has 0 bridgehead atoms. The number of benzene rings is 1. The minimum absolute atomic E-state index is 0.0601. The van der Waals surface area contributed by atoms with Gasteiger partial charge in [-0.05, 0) is 22.0 Å². The summed E-state index contributed by atoms with van der Waals surface area (Å²) in [5.41, 5.74) is 0. The van der Waals surface area contributed by atoms with Crippen LogP contribution in [0.3, 0.4) is 0 Å². The molecule has 21 heavy (non-hydrogen) atoms. The Bertz CT molecular complexity index is 627. The molecule has 1 N–H and O–H groups in total. The highest BCUT2D eigenvalue weighted by Gasteiger charge is 2.14. The Kier molecular flexibility index (Phi) is 5.00. The molecule has 2 aromatic rings. The summed E-state index contributed by atoms with van der Waals surface area (Å²) in [6.45, 7) is 0.0400. The summed E-state index contributed by atoms with van der Waals surface area (Å²) >= 11 is 11.9. The largest absolute Gasteiger partial charge is 0.488 e. The van der Waals surface area contributed by atoms with Crippen molar-refractivity contribution in [2.75, 3.05) is 6.61 Å². The molecule has 0 saturated carbocycles. The highest BCUT2D eigenvalue weighted by Crippen LogP contribution is 2.32. The molecule has 0 aliphatic carbocycles. The Balaban J connectivity index is 1.92. The van der Waals surface area contributed by atoms with Gasteiger partial charge < -0.3 is 24.5 Å². The van der Waals surface area contributed by atoms with Crippen LogP contribution in [0.15, 0.2) is 30.7 Å². The smallest absolute Gasteiger partial charge is 0.381 e. The van der Waals surface area contributed by atoms with Crippen molar-refractivity contribution < 1.29 is 14.8 Å². The fraction of sp³-hybridized carbons (Fsp3) is 0.250. The van der Waals surface area contributed by atoms with Gasteiger partial charge in [0.2, 0.25) is 6.33 Å². The molecule has 7 nitrogen and oxygen atoms in total. The van der Waals surface area contributed by atoms with Gasteiger partial charge in [-0.15, -0.1) is 0 Å². The summed E-state index contributed by atoms with van der Waals surface area (Å²) in [5.74, 6) is 0.00811. The molecule has 1 atom stereocenters. The van der Waals surface area contributed by atoms with Crippen molar-refractivity contribution in [1.29, 1.82) is 0 Å². The Labute approximate surface area is 129 Å². The summed E-state index contributed by atoms with van der Waals surface area (Å²) in [5, 5.41) is 21.0. The third-order valence-corrected chi connectivity index (χ3v) is 3.16. The van der Waals surface area contributed by atoms with Crippen molar-refractivity contribution in [3.8, 4) is 5.75 Å². The topological polar surface area (TPSA) is 90.4 Å². The first-order chi connectivity index (χ1) is 9.97. The van der Waals surface area contributed by atoms with Crippen molar-refractivity contribution in [1.82, 2.24) is 9.55 Å². The number of ether oxygens (including phenoxy) is 1. The molecule has 0 spiro atoms. The first kappa shape index (κ1) is 15.6. The van der Waals surface area contributed by atoms with Crippen LogP contribution in [-0.4, -0.2) is 32.3 Å². The number of aromatic nitrogens is 2. The lowest BCUT2D eigenvalue weighted by atomic mass is 10.3. The molecule has 1 heterocycles. The average molecular weight is 332 g/mol. The monoisotopic (exact) mass is 331 g/mol. The number of nitrogens with zero attached hydrogens (tertiary/aromatic N) is 3. The number of hydrogen-bond acceptors (Lipinski definition) is 5. The van der Waals surface area contributed by atoms with Crippen LogP contribution in [-0.2, 0) is 6.54 Å². The van der Waals surface area contributed by atoms with E-state index in [1.807, 2.05) is 0 Å². The van der Waals surface area contributed by atoms with E-state index in [0.29, 0.717) is 10.0 Å². The van der Waals surface area contributed by atoms with E-state index in [1.165, 1.54) is 17.1 Å². The first-order valence-electron chi connectivity index (χ1n) is 5.88. The number of aliphatic hydroxyl groups is 1. The first-order valence-corrected chi connectivity index (χ1v) is 6.64. The lowest BCUT2D eigenvalue weighted by Crippen LogP contribution is -2.23.